The Balaban J connectivity index is 1.15. The Morgan fingerprint density at radius 3 is 1.44 bits per heavy atom. The van der Waals surface area contributed by atoms with Gasteiger partial charge in [0.15, 0.2) is 0 Å². The molecule has 12 rings (SSSR count). The minimum absolute atomic E-state index is 0.469. The van der Waals surface area contributed by atoms with Gasteiger partial charge in [-0.3, -0.25) is 0 Å². The van der Waals surface area contributed by atoms with E-state index in [4.69, 9.17) is 0 Å². The third kappa shape index (κ3) is 5.56. The van der Waals surface area contributed by atoms with E-state index in [0.717, 1.165) is 17.1 Å². The van der Waals surface area contributed by atoms with Gasteiger partial charge >= 0.3 is 0 Å². The summed E-state index contributed by atoms with van der Waals surface area (Å²) >= 11 is 0. The summed E-state index contributed by atoms with van der Waals surface area (Å²) in [7, 11) is 0. The first-order valence-corrected chi connectivity index (χ1v) is 21.5. The first-order valence-electron chi connectivity index (χ1n) is 21.5. The van der Waals surface area contributed by atoms with E-state index >= 15 is 0 Å². The molecule has 0 amide bonds. The van der Waals surface area contributed by atoms with E-state index in [1.807, 2.05) is 0 Å². The topological polar surface area (TPSA) is 3.24 Å². The van der Waals surface area contributed by atoms with Gasteiger partial charge < -0.3 is 4.90 Å². The van der Waals surface area contributed by atoms with Crippen LogP contribution in [0.2, 0.25) is 0 Å². The highest BCUT2D eigenvalue weighted by atomic mass is 15.1. The van der Waals surface area contributed by atoms with Crippen LogP contribution < -0.4 is 4.90 Å². The molecule has 11 aromatic rings. The molecular weight excluding hydrogens is 747 g/mol. The lowest BCUT2D eigenvalue weighted by atomic mass is 9.68. The minimum Gasteiger partial charge on any atom is -0.310 e. The number of fused-ring (bicyclic) bond motifs is 7. The lowest BCUT2D eigenvalue weighted by Gasteiger charge is -2.34. The predicted octanol–water partition coefficient (Wildman–Crippen LogP) is 16.3. The molecule has 0 aromatic heterocycles. The first kappa shape index (κ1) is 35.9. The quantitative estimate of drug-likeness (QED) is 0.145. The predicted molar refractivity (Wildman–Crippen MR) is 262 cm³/mol. The second-order valence-corrected chi connectivity index (χ2v) is 16.4. The highest BCUT2D eigenvalue weighted by Gasteiger charge is 2.46. The van der Waals surface area contributed by atoms with E-state index in [1.165, 1.54) is 88.0 Å². The molecule has 0 aliphatic heterocycles. The number of nitrogens with zero attached hydrogens (tertiary/aromatic N) is 1. The van der Waals surface area contributed by atoms with Crippen LogP contribution >= 0.6 is 0 Å². The zero-order valence-electron chi connectivity index (χ0n) is 34.1. The van der Waals surface area contributed by atoms with Crippen LogP contribution in [0.25, 0.3) is 65.7 Å². The maximum Gasteiger partial charge on any atom is 0.0713 e. The highest BCUT2D eigenvalue weighted by molar-refractivity contribution is 6.22. The van der Waals surface area contributed by atoms with Crippen molar-refractivity contribution in [2.24, 2.45) is 0 Å². The summed E-state index contributed by atoms with van der Waals surface area (Å²) in [6, 6.07) is 91.7. The van der Waals surface area contributed by atoms with Crippen LogP contribution in [0.1, 0.15) is 22.3 Å². The van der Waals surface area contributed by atoms with Gasteiger partial charge in [-0.1, -0.05) is 212 Å². The Bertz CT molecular complexity index is 3410. The van der Waals surface area contributed by atoms with Gasteiger partial charge in [0.25, 0.3) is 0 Å². The number of benzene rings is 11. The van der Waals surface area contributed by atoms with E-state index in [0.29, 0.717) is 0 Å². The molecule has 0 unspecified atom stereocenters. The van der Waals surface area contributed by atoms with Gasteiger partial charge in [-0.25, -0.2) is 0 Å². The molecule has 0 saturated carbocycles. The second-order valence-electron chi connectivity index (χ2n) is 16.4. The average Bonchev–Trinajstić information content (AvgIpc) is 3.65. The molecule has 290 valence electrons. The molecule has 0 heterocycles. The average molecular weight is 788 g/mol. The van der Waals surface area contributed by atoms with Crippen molar-refractivity contribution >= 4 is 49.4 Å². The zero-order chi connectivity index (χ0) is 41.0. The first-order chi connectivity index (χ1) is 30.8. The van der Waals surface area contributed by atoms with Crippen molar-refractivity contribution in [2.75, 3.05) is 4.90 Å². The summed E-state index contributed by atoms with van der Waals surface area (Å²) in [6.45, 7) is 0. The lowest BCUT2D eigenvalue weighted by Crippen LogP contribution is -2.28. The number of hydrogen-bond acceptors (Lipinski definition) is 1. The maximum atomic E-state index is 2.46. The van der Waals surface area contributed by atoms with E-state index in [-0.39, 0.29) is 0 Å². The Morgan fingerprint density at radius 2 is 0.742 bits per heavy atom. The normalized spacial score (nSPS) is 12.6. The van der Waals surface area contributed by atoms with E-state index in [1.54, 1.807) is 0 Å². The van der Waals surface area contributed by atoms with Gasteiger partial charge in [-0.15, -0.1) is 0 Å². The molecule has 0 atom stereocenters. The molecule has 0 saturated heterocycles. The van der Waals surface area contributed by atoms with E-state index < -0.39 is 5.41 Å². The molecule has 62 heavy (non-hydrogen) atoms. The summed E-state index contributed by atoms with van der Waals surface area (Å²) in [5.74, 6) is 0. The third-order valence-corrected chi connectivity index (χ3v) is 13.1. The Kier molecular flexibility index (Phi) is 8.47. The van der Waals surface area contributed by atoms with Gasteiger partial charge in [-0.05, 0) is 124 Å². The SMILES string of the molecule is c1ccc(-c2c(-c3ccccc3)c3cc(N(c4ccc5c(c4)-c4ccccc4C5(c4ccccc4)c4ccccc4)c4ccc5ccccc5c4)ccc3c3ccccc23)cc1. The second kappa shape index (κ2) is 14.6. The molecule has 1 heteroatoms. The fourth-order valence-corrected chi connectivity index (χ4v) is 10.5. The van der Waals surface area contributed by atoms with Gasteiger partial charge in [-0.2, -0.15) is 0 Å². The Hall–Kier alpha value is -8.00. The Morgan fingerprint density at radius 1 is 0.274 bits per heavy atom. The Labute approximate surface area is 362 Å². The van der Waals surface area contributed by atoms with Gasteiger partial charge in [0.2, 0.25) is 0 Å². The number of hydrogen-bond donors (Lipinski definition) is 0. The summed E-state index contributed by atoms with van der Waals surface area (Å²) in [4.78, 5) is 2.46. The number of rotatable bonds is 7. The summed E-state index contributed by atoms with van der Waals surface area (Å²) in [5.41, 5.74) is 15.4. The van der Waals surface area contributed by atoms with Gasteiger partial charge in [0.1, 0.15) is 0 Å². The van der Waals surface area contributed by atoms with Crippen molar-refractivity contribution in [1.82, 2.24) is 0 Å². The fraction of sp³-hybridized carbons (Fsp3) is 0.0164. The van der Waals surface area contributed by atoms with Crippen molar-refractivity contribution in [2.45, 2.75) is 5.41 Å². The van der Waals surface area contributed by atoms with Crippen molar-refractivity contribution in [1.29, 1.82) is 0 Å². The monoisotopic (exact) mass is 787 g/mol. The van der Waals surface area contributed by atoms with Crippen LogP contribution in [0.3, 0.4) is 0 Å². The summed E-state index contributed by atoms with van der Waals surface area (Å²) < 4.78 is 0. The molecule has 0 bridgehead atoms. The van der Waals surface area contributed by atoms with E-state index in [9.17, 15) is 0 Å². The molecule has 0 radical (unpaired) electrons. The molecule has 11 aromatic carbocycles. The lowest BCUT2D eigenvalue weighted by molar-refractivity contribution is 0.768. The molecule has 0 N–H and O–H groups in total. The fourth-order valence-electron chi connectivity index (χ4n) is 10.5. The van der Waals surface area contributed by atoms with Crippen LogP contribution in [0, 0.1) is 0 Å². The molecule has 0 spiro atoms. The highest BCUT2D eigenvalue weighted by Crippen LogP contribution is 2.57. The molecule has 1 aliphatic rings. The van der Waals surface area contributed by atoms with Crippen LogP contribution in [0.4, 0.5) is 17.1 Å². The zero-order valence-corrected chi connectivity index (χ0v) is 34.1. The van der Waals surface area contributed by atoms with Crippen LogP contribution in [-0.2, 0) is 5.41 Å². The number of anilines is 3. The molecule has 1 aliphatic carbocycles. The molecule has 0 fully saturated rings. The van der Waals surface area contributed by atoms with Crippen LogP contribution in [0.15, 0.2) is 249 Å². The molecular formula is C61H41N. The van der Waals surface area contributed by atoms with Crippen molar-refractivity contribution < 1.29 is 0 Å². The van der Waals surface area contributed by atoms with Crippen molar-refractivity contribution in [3.63, 3.8) is 0 Å². The van der Waals surface area contributed by atoms with Gasteiger partial charge in [0.05, 0.1) is 5.41 Å². The van der Waals surface area contributed by atoms with Crippen molar-refractivity contribution in [3.8, 4) is 33.4 Å². The summed E-state index contributed by atoms with van der Waals surface area (Å²) in [6.07, 6.45) is 0. The van der Waals surface area contributed by atoms with E-state index in [2.05, 4.69) is 254 Å². The molecule has 1 nitrogen and oxygen atoms in total. The minimum atomic E-state index is -0.469. The van der Waals surface area contributed by atoms with Gasteiger partial charge in [0, 0.05) is 17.1 Å². The van der Waals surface area contributed by atoms with Crippen LogP contribution in [-0.4, -0.2) is 0 Å². The third-order valence-electron chi connectivity index (χ3n) is 13.1. The maximum absolute atomic E-state index is 2.46. The van der Waals surface area contributed by atoms with Crippen molar-refractivity contribution in [3.05, 3.63) is 271 Å². The largest absolute Gasteiger partial charge is 0.310 e. The summed E-state index contributed by atoms with van der Waals surface area (Å²) in [5, 5.41) is 7.38. The van der Waals surface area contributed by atoms with Crippen LogP contribution in [0.5, 0.6) is 0 Å². The standard InChI is InChI=1S/C61H41N/c1-5-20-43(21-6-1)59-54-31-16-15-29-51(54)52-37-35-49(41-56(52)60(59)44-22-7-2-8-23-44)62(48-34-33-42-19-13-14-24-45(42)39-48)50-36-38-58-55(40-50)53-30-17-18-32-57(53)61(58,46-25-9-3-10-26-46)47-27-11-4-12-28-47/h1-41H. The smallest absolute Gasteiger partial charge is 0.0713 e.